The van der Waals surface area contributed by atoms with E-state index in [0.29, 0.717) is 0 Å². The van der Waals surface area contributed by atoms with Crippen LogP contribution in [0.3, 0.4) is 0 Å². The maximum absolute atomic E-state index is 13.8. The lowest BCUT2D eigenvalue weighted by molar-refractivity contribution is -0.487. The van der Waals surface area contributed by atoms with Crippen molar-refractivity contribution in [2.45, 2.75) is 48.6 Å². The van der Waals surface area contributed by atoms with E-state index >= 15 is 0 Å². The van der Waals surface area contributed by atoms with Crippen molar-refractivity contribution >= 4 is 0 Å². The van der Waals surface area contributed by atoms with E-state index < -0.39 is 72.3 Å². The quantitative estimate of drug-likeness (QED) is 0.206. The third-order valence-electron chi connectivity index (χ3n) is 3.17. The lowest BCUT2D eigenvalue weighted by Crippen LogP contribution is -2.62. The van der Waals surface area contributed by atoms with Gasteiger partial charge in [0.2, 0.25) is 11.5 Å². The fraction of sp³-hybridized carbons (Fsp3) is 0.667. The first-order valence-electron chi connectivity index (χ1n) is 7.38. The van der Waals surface area contributed by atoms with Crippen LogP contribution in [-0.2, 0) is 14.2 Å². The minimum Gasteiger partial charge on any atom is -0.442 e. The summed E-state index contributed by atoms with van der Waals surface area (Å²) in [5.41, 5.74) is 0. The van der Waals surface area contributed by atoms with E-state index in [4.69, 9.17) is 0 Å². The maximum Gasteiger partial charge on any atom is 0.525 e. The topological polar surface area (TPSA) is 27.7 Å². The zero-order valence-corrected chi connectivity index (χ0v) is 15.5. The Bertz CT molecular complexity index is 809. The number of ether oxygens (including phenoxy) is 3. The standard InChI is InChI=1S/C12F22O3/c13-3(14)1(5(17,18)7(21,9(23,24)25)36-11(29,30)31)35-2(4(15)16)6(19,20)8(22,10(26,27)28)37-12(32,33)34. The lowest BCUT2D eigenvalue weighted by atomic mass is 10.1. The molecule has 0 spiro atoms. The van der Waals surface area contributed by atoms with Crippen LogP contribution in [0, 0.1) is 0 Å². The molecule has 25 heteroatoms. The van der Waals surface area contributed by atoms with Crippen molar-refractivity contribution < 1.29 is 111 Å². The summed E-state index contributed by atoms with van der Waals surface area (Å²) in [7, 11) is 0. The molecule has 0 saturated heterocycles. The van der Waals surface area contributed by atoms with Crippen LogP contribution in [0.15, 0.2) is 23.7 Å². The van der Waals surface area contributed by atoms with Gasteiger partial charge in [0.1, 0.15) is 0 Å². The monoisotopic (exact) mass is 610 g/mol. The van der Waals surface area contributed by atoms with Gasteiger partial charge in [0, 0.05) is 0 Å². The first kappa shape index (κ1) is 34.7. The fourth-order valence-corrected chi connectivity index (χ4v) is 1.76. The molecule has 0 heterocycles. The first-order valence-corrected chi connectivity index (χ1v) is 7.38. The molecule has 0 aliphatic carbocycles. The highest BCUT2D eigenvalue weighted by Crippen LogP contribution is 2.57. The minimum absolute atomic E-state index is 1.29. The summed E-state index contributed by atoms with van der Waals surface area (Å²) in [6.07, 6.45) is -40.3. The minimum atomic E-state index is -7.99. The molecule has 0 N–H and O–H groups in total. The van der Waals surface area contributed by atoms with Crippen molar-refractivity contribution in [3.8, 4) is 0 Å². The molecule has 0 saturated carbocycles. The molecule has 2 unspecified atom stereocenters. The average molecular weight is 610 g/mol. The van der Waals surface area contributed by atoms with Gasteiger partial charge in [0.15, 0.2) is 0 Å². The van der Waals surface area contributed by atoms with Gasteiger partial charge in [-0.3, -0.25) is 0 Å². The molecule has 0 aromatic carbocycles. The summed E-state index contributed by atoms with van der Waals surface area (Å²) in [6, 6.07) is 0. The van der Waals surface area contributed by atoms with Crippen LogP contribution in [-0.4, -0.2) is 48.6 Å². The number of hydrogen-bond acceptors (Lipinski definition) is 3. The van der Waals surface area contributed by atoms with E-state index in [-0.39, 0.29) is 0 Å². The molecule has 2 atom stereocenters. The molecule has 0 aliphatic rings. The third-order valence-corrected chi connectivity index (χ3v) is 3.17. The Morgan fingerprint density at radius 2 is 0.595 bits per heavy atom. The van der Waals surface area contributed by atoms with E-state index in [1.807, 2.05) is 4.74 Å². The van der Waals surface area contributed by atoms with Crippen LogP contribution < -0.4 is 0 Å². The normalized spacial score (nSPS) is 17.6. The predicted molar refractivity (Wildman–Crippen MR) is 63.5 cm³/mol. The van der Waals surface area contributed by atoms with Gasteiger partial charge in [-0.15, -0.1) is 26.3 Å². The van der Waals surface area contributed by atoms with Crippen molar-refractivity contribution in [3.63, 3.8) is 0 Å². The Labute approximate surface area is 184 Å². The van der Waals surface area contributed by atoms with Crippen LogP contribution >= 0.6 is 0 Å². The van der Waals surface area contributed by atoms with Gasteiger partial charge in [-0.25, -0.2) is 9.47 Å². The summed E-state index contributed by atoms with van der Waals surface area (Å²) in [5, 5.41) is 0. The summed E-state index contributed by atoms with van der Waals surface area (Å²) in [5.74, 6) is -42.0. The Hall–Kier alpha value is -2.34. The zero-order chi connectivity index (χ0) is 30.4. The summed E-state index contributed by atoms with van der Waals surface area (Å²) in [6.45, 7) is 0. The van der Waals surface area contributed by atoms with E-state index in [2.05, 4.69) is 0 Å². The third kappa shape index (κ3) is 6.95. The highest BCUT2D eigenvalue weighted by Gasteiger charge is 2.82. The van der Waals surface area contributed by atoms with Crippen molar-refractivity contribution in [2.24, 2.45) is 0 Å². The van der Waals surface area contributed by atoms with Gasteiger partial charge in [-0.2, -0.15) is 70.2 Å². The highest BCUT2D eigenvalue weighted by molar-refractivity contribution is 5.22. The lowest BCUT2D eigenvalue weighted by Gasteiger charge is -2.37. The van der Waals surface area contributed by atoms with E-state index in [9.17, 15) is 96.6 Å². The molecule has 0 aromatic heterocycles. The van der Waals surface area contributed by atoms with Gasteiger partial charge in [-0.05, 0) is 0 Å². The summed E-state index contributed by atoms with van der Waals surface area (Å²) in [4.78, 5) is 0. The summed E-state index contributed by atoms with van der Waals surface area (Å²) >= 11 is 0. The molecule has 0 radical (unpaired) electrons. The SMILES string of the molecule is FC(F)=C(OC(=C(F)F)C(F)(F)C(F)(OC(F)(F)F)C(F)(F)F)C(F)(F)C(F)(OC(F)(F)F)C(F)(F)F. The number of hydrogen-bond donors (Lipinski definition) is 0. The van der Waals surface area contributed by atoms with Crippen LogP contribution in [0.5, 0.6) is 0 Å². The fourth-order valence-electron chi connectivity index (χ4n) is 1.76. The van der Waals surface area contributed by atoms with Gasteiger partial charge >= 0.3 is 60.8 Å². The zero-order valence-electron chi connectivity index (χ0n) is 15.5. The van der Waals surface area contributed by atoms with Crippen molar-refractivity contribution in [1.82, 2.24) is 0 Å². The largest absolute Gasteiger partial charge is 0.525 e. The molecule has 0 rings (SSSR count). The molecular formula is C12F22O3. The molecule has 0 bridgehead atoms. The Morgan fingerprint density at radius 1 is 0.378 bits per heavy atom. The highest BCUT2D eigenvalue weighted by atomic mass is 19.4. The van der Waals surface area contributed by atoms with Gasteiger partial charge in [0.25, 0.3) is 0 Å². The first-order chi connectivity index (χ1) is 15.8. The Kier molecular flexibility index (Phi) is 9.14. The predicted octanol–water partition coefficient (Wildman–Crippen LogP) is 8.02. The number of halogens is 22. The van der Waals surface area contributed by atoms with Gasteiger partial charge in [-0.1, -0.05) is 0 Å². The van der Waals surface area contributed by atoms with Crippen LogP contribution in [0.4, 0.5) is 96.6 Å². The smallest absolute Gasteiger partial charge is 0.442 e. The second-order valence-corrected chi connectivity index (χ2v) is 5.71. The molecule has 220 valence electrons. The molecule has 0 aliphatic heterocycles. The van der Waals surface area contributed by atoms with E-state index in [1.165, 1.54) is 9.47 Å². The second-order valence-electron chi connectivity index (χ2n) is 5.71. The number of alkyl halides is 18. The molecular weight excluding hydrogens is 610 g/mol. The summed E-state index contributed by atoms with van der Waals surface area (Å²) < 4.78 is 285. The number of rotatable bonds is 8. The molecule has 0 amide bonds. The Morgan fingerprint density at radius 3 is 0.730 bits per heavy atom. The van der Waals surface area contributed by atoms with Crippen molar-refractivity contribution in [1.29, 1.82) is 0 Å². The molecule has 0 fully saturated rings. The van der Waals surface area contributed by atoms with Gasteiger partial charge in [0.05, 0.1) is 0 Å². The Balaban J connectivity index is 7.26. The van der Waals surface area contributed by atoms with Crippen molar-refractivity contribution in [3.05, 3.63) is 23.7 Å². The maximum atomic E-state index is 13.8. The van der Waals surface area contributed by atoms with Crippen LogP contribution in [0.1, 0.15) is 0 Å². The second kappa shape index (κ2) is 9.76. The molecule has 0 aromatic rings. The van der Waals surface area contributed by atoms with E-state index in [1.54, 1.807) is 0 Å². The van der Waals surface area contributed by atoms with Crippen molar-refractivity contribution in [2.75, 3.05) is 0 Å². The molecule has 3 nitrogen and oxygen atoms in total. The van der Waals surface area contributed by atoms with Gasteiger partial charge < -0.3 is 4.74 Å². The van der Waals surface area contributed by atoms with E-state index in [0.717, 1.165) is 0 Å². The molecule has 37 heavy (non-hydrogen) atoms. The average Bonchev–Trinajstić information content (AvgIpc) is 2.55. The van der Waals surface area contributed by atoms with Crippen LogP contribution in [0.2, 0.25) is 0 Å². The van der Waals surface area contributed by atoms with Crippen LogP contribution in [0.25, 0.3) is 0 Å².